The lowest BCUT2D eigenvalue weighted by Gasteiger charge is -2.28. The van der Waals surface area contributed by atoms with Crippen molar-refractivity contribution in [1.29, 1.82) is 0 Å². The van der Waals surface area contributed by atoms with Gasteiger partial charge in [-0.1, -0.05) is 146 Å². The monoisotopic (exact) mass is 748 g/mol. The molecule has 3 aliphatic rings. The summed E-state index contributed by atoms with van der Waals surface area (Å²) < 4.78 is 2.32. The zero-order chi connectivity index (χ0) is 39.6. The number of nitrogens with zero attached hydrogens (tertiary/aromatic N) is 2. The number of unbranched alkanes of at least 4 members (excludes halogenated alkanes) is 10. The van der Waals surface area contributed by atoms with Crippen LogP contribution in [0.5, 0.6) is 0 Å². The van der Waals surface area contributed by atoms with Crippen LogP contribution in [-0.2, 0) is 20.4 Å². The fourth-order valence-corrected chi connectivity index (χ4v) is 9.70. The fraction of sp³-hybridized carbons (Fsp3) is 0.431. The number of hydrogen-bond acceptors (Lipinski definition) is 4. The molecule has 0 radical (unpaired) electrons. The Morgan fingerprint density at radius 2 is 1.20 bits per heavy atom. The van der Waals surface area contributed by atoms with Crippen molar-refractivity contribution in [3.05, 3.63) is 119 Å². The summed E-state index contributed by atoms with van der Waals surface area (Å²) in [6.45, 7) is 14.8. The maximum Gasteiger partial charge on any atom is 0.233 e. The van der Waals surface area contributed by atoms with Gasteiger partial charge in [0, 0.05) is 58.6 Å². The lowest BCUT2D eigenvalue weighted by atomic mass is 9.78. The molecule has 0 unspecified atom stereocenters. The van der Waals surface area contributed by atoms with Crippen LogP contribution < -0.4 is 10.0 Å². The van der Waals surface area contributed by atoms with Crippen molar-refractivity contribution in [2.75, 3.05) is 18.0 Å². The second kappa shape index (κ2) is 16.4. The van der Waals surface area contributed by atoms with Gasteiger partial charge in [0.05, 0.1) is 5.41 Å². The van der Waals surface area contributed by atoms with E-state index < -0.39 is 28.2 Å². The van der Waals surface area contributed by atoms with Crippen LogP contribution in [0.25, 0.3) is 21.5 Å². The Bertz CT molecular complexity index is 2300. The van der Waals surface area contributed by atoms with Crippen LogP contribution in [-0.4, -0.2) is 34.9 Å². The van der Waals surface area contributed by atoms with Crippen LogP contribution in [0.4, 0.5) is 11.4 Å². The Labute approximate surface area is 334 Å². The molecule has 1 aliphatic carbocycles. The van der Waals surface area contributed by atoms with Gasteiger partial charge in [0.2, 0.25) is 17.3 Å². The molecule has 0 atom stereocenters. The van der Waals surface area contributed by atoms with Crippen molar-refractivity contribution >= 4 is 50.2 Å². The summed E-state index contributed by atoms with van der Waals surface area (Å²) in [6, 6.07) is 25.6. The summed E-state index contributed by atoms with van der Waals surface area (Å²) in [5.74, 6) is -1.87. The highest BCUT2D eigenvalue weighted by Gasteiger charge is 2.47. The van der Waals surface area contributed by atoms with E-state index in [0.717, 1.165) is 72.3 Å². The minimum atomic E-state index is -0.702. The molecule has 0 amide bonds. The molecule has 5 nitrogen and oxygen atoms in total. The predicted octanol–water partition coefficient (Wildman–Crippen LogP) is 11.5. The Balaban J connectivity index is 1.31. The third-order valence-electron chi connectivity index (χ3n) is 12.7. The maximum absolute atomic E-state index is 14.6. The zero-order valence-corrected chi connectivity index (χ0v) is 34.6. The molecule has 7 rings (SSSR count). The van der Waals surface area contributed by atoms with E-state index >= 15 is 0 Å². The topological polar surface area (TPSA) is 63.4 Å². The number of carbonyl (C=O) groups excluding carboxylic acids is 2. The average molecular weight is 749 g/mol. The smallest absolute Gasteiger partial charge is 0.233 e. The van der Waals surface area contributed by atoms with Gasteiger partial charge in [-0.15, -0.1) is 0 Å². The van der Waals surface area contributed by atoms with E-state index in [-0.39, 0.29) is 11.1 Å². The molecular weight excluding hydrogens is 689 g/mol. The number of ketones is 2. The molecule has 0 saturated carbocycles. The van der Waals surface area contributed by atoms with Gasteiger partial charge < -0.3 is 10.0 Å². The molecule has 4 aromatic rings. The van der Waals surface area contributed by atoms with Crippen LogP contribution in [0.2, 0.25) is 0 Å². The first kappa shape index (κ1) is 39.5. The van der Waals surface area contributed by atoms with E-state index in [1.54, 1.807) is 12.2 Å². The van der Waals surface area contributed by atoms with E-state index in [0.29, 0.717) is 0 Å². The molecule has 4 aromatic carbocycles. The summed E-state index contributed by atoms with van der Waals surface area (Å²) in [5, 5.41) is 19.3. The summed E-state index contributed by atoms with van der Waals surface area (Å²) in [7, 11) is 0. The van der Waals surface area contributed by atoms with E-state index in [1.165, 1.54) is 73.3 Å². The largest absolute Gasteiger partial charge is 0.871 e. The molecule has 0 bridgehead atoms. The first-order valence-electron chi connectivity index (χ1n) is 21.4. The Morgan fingerprint density at radius 3 is 1.86 bits per heavy atom. The molecule has 0 saturated heterocycles. The summed E-state index contributed by atoms with van der Waals surface area (Å²) >= 11 is 0. The van der Waals surface area contributed by atoms with E-state index in [2.05, 4.69) is 124 Å². The van der Waals surface area contributed by atoms with Crippen LogP contribution in [0.3, 0.4) is 0 Å². The highest BCUT2D eigenvalue weighted by molar-refractivity contribution is 6.54. The fourth-order valence-electron chi connectivity index (χ4n) is 9.70. The lowest BCUT2D eigenvalue weighted by Crippen LogP contribution is -2.29. The van der Waals surface area contributed by atoms with Crippen molar-refractivity contribution < 1.29 is 19.3 Å². The number of hydrogen-bond donors (Lipinski definition) is 0. The molecule has 0 fully saturated rings. The highest BCUT2D eigenvalue weighted by atomic mass is 16.3. The third-order valence-corrected chi connectivity index (χ3v) is 12.7. The molecule has 0 aromatic heterocycles. The second-order valence-electron chi connectivity index (χ2n) is 17.3. The number of rotatable bonds is 16. The normalized spacial score (nSPS) is 18.8. The van der Waals surface area contributed by atoms with Gasteiger partial charge in [-0.25, -0.2) is 0 Å². The van der Waals surface area contributed by atoms with Crippen molar-refractivity contribution in [3.8, 4) is 0 Å². The van der Waals surface area contributed by atoms with Crippen LogP contribution in [0.15, 0.2) is 108 Å². The number of carbonyl (C=O) groups is 2. The standard InChI is InChI=1S/C51H60N2O3/c1-7-9-11-13-15-21-31-52-41-29-27-35-23-17-19-25-37(35)45(41)50(3,4)43(52)33-39-47(54)40(49(56)48(39)55)34-44-51(5,6)46-38-26-20-18-24-36(38)28-30-42(46)53(44)32-22-16-14-12-10-8-2/h17-20,23-30,33-34H,7-16,21-22,31-32H2,1-6H3. The van der Waals surface area contributed by atoms with Gasteiger partial charge >= 0.3 is 0 Å². The second-order valence-corrected chi connectivity index (χ2v) is 17.3. The van der Waals surface area contributed by atoms with Crippen molar-refractivity contribution in [2.45, 2.75) is 129 Å². The Morgan fingerprint density at radius 1 is 0.625 bits per heavy atom. The third kappa shape index (κ3) is 7.07. The van der Waals surface area contributed by atoms with Gasteiger partial charge in [-0.2, -0.15) is 4.58 Å². The summed E-state index contributed by atoms with van der Waals surface area (Å²) in [5.41, 5.74) is 5.41. The Hall–Kier alpha value is -4.77. The molecule has 5 heteroatoms. The number of benzene rings is 4. The average Bonchev–Trinajstić information content (AvgIpc) is 3.64. The molecular formula is C51H60N2O3. The molecule has 0 spiro atoms. The van der Waals surface area contributed by atoms with Crippen molar-refractivity contribution in [2.24, 2.45) is 0 Å². The zero-order valence-electron chi connectivity index (χ0n) is 34.6. The van der Waals surface area contributed by atoms with E-state index in [4.69, 9.17) is 0 Å². The van der Waals surface area contributed by atoms with Crippen molar-refractivity contribution in [3.63, 3.8) is 0 Å². The van der Waals surface area contributed by atoms with Gasteiger partial charge in [-0.3, -0.25) is 9.59 Å². The number of Topliss-reactive ketones (excluding diaryl/α,β-unsaturated/α-hetero) is 2. The van der Waals surface area contributed by atoms with Gasteiger partial charge in [0.15, 0.2) is 5.71 Å². The number of anilines is 1. The van der Waals surface area contributed by atoms with Crippen LogP contribution >= 0.6 is 0 Å². The van der Waals surface area contributed by atoms with E-state index in [1.807, 2.05) is 0 Å². The quantitative estimate of drug-likeness (QED) is 0.0495. The first-order chi connectivity index (χ1) is 27.0. The first-order valence-corrected chi connectivity index (χ1v) is 21.4. The maximum atomic E-state index is 14.6. The predicted molar refractivity (Wildman–Crippen MR) is 231 cm³/mol. The van der Waals surface area contributed by atoms with Crippen molar-refractivity contribution in [1.82, 2.24) is 0 Å². The lowest BCUT2D eigenvalue weighted by molar-refractivity contribution is -0.438. The van der Waals surface area contributed by atoms with Crippen LogP contribution in [0, 0.1) is 0 Å². The molecule has 2 heterocycles. The number of fused-ring (bicyclic) bond motifs is 6. The molecule has 292 valence electrons. The number of allylic oxidation sites excluding steroid dienone is 5. The molecule has 56 heavy (non-hydrogen) atoms. The summed E-state index contributed by atoms with van der Waals surface area (Å²) in [6.07, 6.45) is 17.6. The van der Waals surface area contributed by atoms with Gasteiger partial charge in [0.1, 0.15) is 6.54 Å². The SMILES string of the molecule is CCCCCCCCN1/C(=C\C2=C([O-])C(=C/C3=[N+](CCCCCCCC)c4ccc5ccccc5c4C3(C)C)/C(=O)C2=O)C(C)(C)c2c1ccc1ccccc21. The molecule has 2 aliphatic heterocycles. The molecule has 0 N–H and O–H groups in total. The van der Waals surface area contributed by atoms with Crippen LogP contribution in [0.1, 0.15) is 130 Å². The Kier molecular flexibility index (Phi) is 11.5. The highest BCUT2D eigenvalue weighted by Crippen LogP contribution is 2.52. The summed E-state index contributed by atoms with van der Waals surface area (Å²) in [4.78, 5) is 30.4. The van der Waals surface area contributed by atoms with Gasteiger partial charge in [0.25, 0.3) is 0 Å². The minimum Gasteiger partial charge on any atom is -0.871 e. The minimum absolute atomic E-state index is 0.0174. The van der Waals surface area contributed by atoms with Gasteiger partial charge in [-0.05, 0) is 72.0 Å². The van der Waals surface area contributed by atoms with E-state index in [9.17, 15) is 14.7 Å².